The summed E-state index contributed by atoms with van der Waals surface area (Å²) in [5.74, 6) is -2.41. The minimum Gasteiger partial charge on any atom is -0.356 e. The van der Waals surface area contributed by atoms with E-state index in [2.05, 4.69) is 5.32 Å². The van der Waals surface area contributed by atoms with E-state index in [9.17, 15) is 48.3 Å². The smallest absolute Gasteiger partial charge is 0.356 e. The van der Waals surface area contributed by atoms with Crippen LogP contribution in [0, 0.1) is 23.6 Å². The van der Waals surface area contributed by atoms with Gasteiger partial charge in [0.05, 0.1) is 4.90 Å². The Balaban J connectivity index is 1.63. The number of hydrogen-bond acceptors (Lipinski definition) is 3. The first-order valence-corrected chi connectivity index (χ1v) is 14.8. The van der Waals surface area contributed by atoms with Gasteiger partial charge < -0.3 is 5.32 Å². The number of fused-ring (bicyclic) bond motifs is 3. The van der Waals surface area contributed by atoms with Crippen molar-refractivity contribution < 1.29 is 48.3 Å². The van der Waals surface area contributed by atoms with Gasteiger partial charge in [-0.2, -0.15) is 26.3 Å². The summed E-state index contributed by atoms with van der Waals surface area (Å²) in [7, 11) is -4.47. The topological polar surface area (TPSA) is 63.2 Å². The van der Waals surface area contributed by atoms with Gasteiger partial charge in [-0.05, 0) is 85.8 Å². The molecule has 3 aliphatic carbocycles. The van der Waals surface area contributed by atoms with E-state index in [0.717, 1.165) is 49.6 Å². The monoisotopic (exact) mass is 609 g/mol. The molecule has 0 aromatic heterocycles. The van der Waals surface area contributed by atoms with E-state index >= 15 is 0 Å². The lowest BCUT2D eigenvalue weighted by molar-refractivity contribution is -0.348. The molecular formula is C28H27F8NO3S. The Labute approximate surface area is 231 Å². The average molecular weight is 610 g/mol. The lowest BCUT2D eigenvalue weighted by Gasteiger charge is -2.42. The fourth-order valence-electron chi connectivity index (χ4n) is 6.77. The first-order chi connectivity index (χ1) is 19.0. The Bertz CT molecular complexity index is 1420. The highest BCUT2D eigenvalue weighted by Crippen LogP contribution is 2.60. The van der Waals surface area contributed by atoms with Crippen molar-refractivity contribution in [2.24, 2.45) is 17.8 Å². The number of carbonyl (C=O) groups excluding carboxylic acids is 1. The lowest BCUT2D eigenvalue weighted by Crippen LogP contribution is -2.51. The number of carbonyl (C=O) groups is 1. The minimum atomic E-state index is -6.33. The van der Waals surface area contributed by atoms with Crippen LogP contribution in [0.3, 0.4) is 0 Å². The highest BCUT2D eigenvalue weighted by atomic mass is 32.2. The maximum absolute atomic E-state index is 14.9. The standard InChI is InChI=1S/C28H27F8NO3S/c29-19-6-8-20(9-7-19)41(39,40)25-13-12-21(24(38)37-15-16-2-1-3-16)23(25)10-4-17-14-18(5-11-22(17)25)26(30,27(31,32)33)28(34,35)36/h5-9,11,14,16,21,23H,1-4,10,12-13,15H2,(H,37,38)/t21-,23+,25-/m1/s1. The Morgan fingerprint density at radius 1 is 0.902 bits per heavy atom. The summed E-state index contributed by atoms with van der Waals surface area (Å²) in [6.07, 6.45) is -9.95. The van der Waals surface area contributed by atoms with Crippen LogP contribution in [0.25, 0.3) is 0 Å². The zero-order valence-electron chi connectivity index (χ0n) is 21.6. The van der Waals surface area contributed by atoms with Crippen LogP contribution in [0.2, 0.25) is 0 Å². The third-order valence-electron chi connectivity index (χ3n) is 9.11. The van der Waals surface area contributed by atoms with Crippen LogP contribution in [0.15, 0.2) is 47.4 Å². The second-order valence-corrected chi connectivity index (χ2v) is 13.4. The van der Waals surface area contributed by atoms with Crippen LogP contribution in [-0.4, -0.2) is 33.2 Å². The van der Waals surface area contributed by atoms with Crippen molar-refractivity contribution in [3.63, 3.8) is 0 Å². The Morgan fingerprint density at radius 2 is 1.54 bits per heavy atom. The van der Waals surface area contributed by atoms with Crippen LogP contribution in [0.5, 0.6) is 0 Å². The van der Waals surface area contributed by atoms with Gasteiger partial charge in [-0.1, -0.05) is 24.6 Å². The zero-order valence-corrected chi connectivity index (χ0v) is 22.4. The van der Waals surface area contributed by atoms with E-state index in [1.807, 2.05) is 0 Å². The van der Waals surface area contributed by atoms with E-state index in [1.54, 1.807) is 0 Å². The molecule has 2 fully saturated rings. The molecule has 3 atom stereocenters. The van der Waals surface area contributed by atoms with Crippen LogP contribution in [0.4, 0.5) is 35.1 Å². The van der Waals surface area contributed by atoms with E-state index in [-0.39, 0.29) is 47.6 Å². The third kappa shape index (κ3) is 4.53. The molecular weight excluding hydrogens is 582 g/mol. The number of amides is 1. The summed E-state index contributed by atoms with van der Waals surface area (Å²) in [6.45, 7) is 0.424. The summed E-state index contributed by atoms with van der Waals surface area (Å²) < 4.78 is 136. The molecule has 0 aliphatic heterocycles. The van der Waals surface area contributed by atoms with Gasteiger partial charge in [-0.15, -0.1) is 0 Å². The van der Waals surface area contributed by atoms with Gasteiger partial charge in [0.2, 0.25) is 5.91 Å². The normalized spacial score (nSPS) is 25.3. The van der Waals surface area contributed by atoms with Crippen molar-refractivity contribution in [3.05, 3.63) is 65.0 Å². The molecule has 2 aromatic carbocycles. The highest BCUT2D eigenvalue weighted by molar-refractivity contribution is 7.92. The molecule has 2 aromatic rings. The molecule has 0 unspecified atom stereocenters. The lowest BCUT2D eigenvalue weighted by atomic mass is 9.72. The predicted molar refractivity (Wildman–Crippen MR) is 131 cm³/mol. The summed E-state index contributed by atoms with van der Waals surface area (Å²) in [4.78, 5) is 13.0. The van der Waals surface area contributed by atoms with Gasteiger partial charge in [0.1, 0.15) is 10.6 Å². The van der Waals surface area contributed by atoms with Gasteiger partial charge in [0.15, 0.2) is 9.84 Å². The molecule has 5 rings (SSSR count). The largest absolute Gasteiger partial charge is 0.435 e. The fraction of sp³-hybridized carbons (Fsp3) is 0.536. The Morgan fingerprint density at radius 3 is 2.10 bits per heavy atom. The summed E-state index contributed by atoms with van der Waals surface area (Å²) in [5, 5.41) is 2.88. The molecule has 0 bridgehead atoms. The molecule has 2 saturated carbocycles. The van der Waals surface area contributed by atoms with Gasteiger partial charge >= 0.3 is 18.0 Å². The maximum Gasteiger partial charge on any atom is 0.435 e. The number of sulfone groups is 1. The SMILES string of the molecule is O=C(NCC1CCC1)[C@@H]1CC[C@@]2(S(=O)(=O)c3ccc(F)cc3)c3ccc(C(F)(C(F)(F)F)C(F)(F)F)cc3CC[C@@H]12. The number of alkyl halides is 7. The predicted octanol–water partition coefficient (Wildman–Crippen LogP) is 6.67. The van der Waals surface area contributed by atoms with Crippen LogP contribution in [0.1, 0.15) is 55.2 Å². The second kappa shape index (κ2) is 9.95. The summed E-state index contributed by atoms with van der Waals surface area (Å²) in [5.41, 5.74) is -7.61. The van der Waals surface area contributed by atoms with Crippen LogP contribution < -0.4 is 5.32 Å². The van der Waals surface area contributed by atoms with Crippen molar-refractivity contribution in [1.82, 2.24) is 5.32 Å². The molecule has 0 saturated heterocycles. The van der Waals surface area contributed by atoms with Crippen molar-refractivity contribution >= 4 is 15.7 Å². The van der Waals surface area contributed by atoms with Gasteiger partial charge in [-0.3, -0.25) is 4.79 Å². The fourth-order valence-corrected chi connectivity index (χ4v) is 9.24. The number of nitrogens with one attached hydrogen (secondary N) is 1. The van der Waals surface area contributed by atoms with Gasteiger partial charge in [0, 0.05) is 18.0 Å². The van der Waals surface area contributed by atoms with Crippen molar-refractivity contribution in [1.29, 1.82) is 0 Å². The van der Waals surface area contributed by atoms with Gasteiger partial charge in [0.25, 0.3) is 0 Å². The quantitative estimate of drug-likeness (QED) is 0.294. The molecule has 0 radical (unpaired) electrons. The van der Waals surface area contributed by atoms with E-state index < -0.39 is 55.8 Å². The average Bonchev–Trinajstić information content (AvgIpc) is 3.27. The Kier molecular flexibility index (Phi) is 7.22. The molecule has 0 spiro atoms. The first kappa shape index (κ1) is 29.8. The zero-order chi connectivity index (χ0) is 30.0. The Hall–Kier alpha value is -2.70. The highest BCUT2D eigenvalue weighted by Gasteiger charge is 2.74. The van der Waals surface area contributed by atoms with Crippen LogP contribution in [-0.2, 0) is 31.5 Å². The number of benzene rings is 2. The van der Waals surface area contributed by atoms with Gasteiger partial charge in [-0.25, -0.2) is 17.2 Å². The van der Waals surface area contributed by atoms with E-state index in [0.29, 0.717) is 24.6 Å². The molecule has 13 heteroatoms. The minimum absolute atomic E-state index is 0.0459. The molecule has 41 heavy (non-hydrogen) atoms. The molecule has 3 aliphatic rings. The molecule has 0 heterocycles. The van der Waals surface area contributed by atoms with Crippen molar-refractivity contribution in [2.45, 2.75) is 72.6 Å². The second-order valence-electron chi connectivity index (χ2n) is 11.2. The van der Waals surface area contributed by atoms with E-state index in [1.165, 1.54) is 0 Å². The summed E-state index contributed by atoms with van der Waals surface area (Å²) in [6, 6.07) is 5.50. The van der Waals surface area contributed by atoms with Crippen molar-refractivity contribution in [3.8, 4) is 0 Å². The summed E-state index contributed by atoms with van der Waals surface area (Å²) >= 11 is 0. The third-order valence-corrected chi connectivity index (χ3v) is 11.7. The number of rotatable bonds is 6. The molecule has 4 nitrogen and oxygen atoms in total. The first-order valence-electron chi connectivity index (χ1n) is 13.3. The molecule has 224 valence electrons. The number of halogens is 8. The maximum atomic E-state index is 14.9. The molecule has 1 amide bonds. The van der Waals surface area contributed by atoms with Crippen molar-refractivity contribution in [2.75, 3.05) is 6.54 Å². The van der Waals surface area contributed by atoms with E-state index in [4.69, 9.17) is 0 Å². The number of hydrogen-bond donors (Lipinski definition) is 1. The van der Waals surface area contributed by atoms with Crippen LogP contribution >= 0.6 is 0 Å². The molecule has 1 N–H and O–H groups in total. The number of aryl methyl sites for hydroxylation is 1.